The summed E-state index contributed by atoms with van der Waals surface area (Å²) in [7, 11) is 0. The van der Waals surface area contributed by atoms with Gasteiger partial charge >= 0.3 is 0 Å². The lowest BCUT2D eigenvalue weighted by Gasteiger charge is -1.83. The molecule has 0 aromatic carbocycles. The number of hydrogen-bond acceptors (Lipinski definition) is 3. The Morgan fingerprint density at radius 3 is 2.46 bits per heavy atom. The molecular formula is C8H7BrN2O2. The molecule has 0 fully saturated rings. The quantitative estimate of drug-likeness (QED) is 0.606. The molecule has 1 aromatic rings. The van der Waals surface area contributed by atoms with E-state index in [-0.39, 0.29) is 0 Å². The van der Waals surface area contributed by atoms with Crippen LogP contribution in [0.5, 0.6) is 0 Å². The van der Waals surface area contributed by atoms with Gasteiger partial charge in [0.15, 0.2) is 0 Å². The Morgan fingerprint density at radius 2 is 2.23 bits per heavy atom. The lowest BCUT2D eigenvalue weighted by atomic mass is 10.5. The van der Waals surface area contributed by atoms with E-state index in [0.717, 1.165) is 4.47 Å². The zero-order valence-electron chi connectivity index (χ0n) is 6.58. The Bertz CT molecular complexity index is 295. The first-order valence-electron chi connectivity index (χ1n) is 3.16. The maximum Gasteiger partial charge on any atom is 0.270 e. The molecule has 1 aromatic heterocycles. The van der Waals surface area contributed by atoms with Gasteiger partial charge in [-0.2, -0.15) is 0 Å². The molecule has 3 N–H and O–H groups in total. The third kappa shape index (κ3) is 6.84. The van der Waals surface area contributed by atoms with E-state index >= 15 is 0 Å². The predicted octanol–water partition coefficient (Wildman–Crippen LogP) is -0.785. The fraction of sp³-hybridized carbons (Fsp3) is 0. The minimum Gasteiger partial charge on any atom is -0.537 e. The first kappa shape index (κ1) is 11.5. The fourth-order valence-corrected chi connectivity index (χ4v) is 0.665. The maximum atomic E-state index is 9.02. The molecule has 5 heteroatoms. The molecule has 0 radical (unpaired) electrons. The number of nitrogens with two attached hydrogens (primary N) is 1. The third-order valence-corrected chi connectivity index (χ3v) is 1.41. The molecule has 1 heterocycles. The summed E-state index contributed by atoms with van der Waals surface area (Å²) in [6.07, 6.45) is 6.05. The number of carboxylic acids is 1. The zero-order chi connectivity index (χ0) is 10.3. The summed E-state index contributed by atoms with van der Waals surface area (Å²) in [5.41, 5.74) is 5.35. The van der Waals surface area contributed by atoms with Gasteiger partial charge in [-0.1, -0.05) is 5.92 Å². The Kier molecular flexibility index (Phi) is 5.32. The molecule has 0 amide bonds. The number of aromatic nitrogens is 1. The van der Waals surface area contributed by atoms with Crippen LogP contribution in [-0.2, 0) is 4.79 Å². The second kappa shape index (κ2) is 6.03. The van der Waals surface area contributed by atoms with Crippen molar-refractivity contribution in [1.29, 1.82) is 0 Å². The first-order chi connectivity index (χ1) is 6.06. The Balaban J connectivity index is 0.000000252. The smallest absolute Gasteiger partial charge is 0.270 e. The van der Waals surface area contributed by atoms with Gasteiger partial charge in [0.1, 0.15) is 12.2 Å². The minimum atomic E-state index is -1.47. The van der Waals surface area contributed by atoms with E-state index in [4.69, 9.17) is 15.6 Å². The van der Waals surface area contributed by atoms with E-state index in [1.807, 2.05) is 6.07 Å². The monoisotopic (exact) mass is 242 g/mol. The number of H-pyrrole nitrogens is 1. The standard InChI is InChI=1S/C5H5BrN2.C3H2O2/c6-4-1-2-5(7)8-3-4;1-2-3(4)5/h1-3H,(H2,7,8);1H,(H,4,5). The normalized spacial score (nSPS) is 7.69. The van der Waals surface area contributed by atoms with Crippen LogP contribution in [0.25, 0.3) is 0 Å². The summed E-state index contributed by atoms with van der Waals surface area (Å²) in [6.45, 7) is 0. The highest BCUT2D eigenvalue weighted by molar-refractivity contribution is 9.10. The molecule has 0 spiro atoms. The Labute approximate surface area is 83.9 Å². The average molecular weight is 243 g/mol. The number of aromatic amines is 1. The molecule has 0 bridgehead atoms. The van der Waals surface area contributed by atoms with Gasteiger partial charge in [0, 0.05) is 6.07 Å². The van der Waals surface area contributed by atoms with Crippen LogP contribution < -0.4 is 15.8 Å². The SMILES string of the molecule is C#CC(=O)[O-].Nc1ccc(Br)c[nH+]1. The van der Waals surface area contributed by atoms with Crippen LogP contribution in [0, 0.1) is 12.3 Å². The topological polar surface area (TPSA) is 80.3 Å². The van der Waals surface area contributed by atoms with E-state index in [2.05, 4.69) is 27.3 Å². The van der Waals surface area contributed by atoms with Gasteiger partial charge in [0.05, 0.1) is 4.47 Å². The predicted molar refractivity (Wildman–Crippen MR) is 49.0 cm³/mol. The molecule has 0 saturated carbocycles. The summed E-state index contributed by atoms with van der Waals surface area (Å²) in [5.74, 6) is 0.540. The largest absolute Gasteiger partial charge is 0.537 e. The van der Waals surface area contributed by atoms with E-state index in [1.54, 1.807) is 12.3 Å². The first-order valence-corrected chi connectivity index (χ1v) is 3.96. The van der Waals surface area contributed by atoms with Crippen LogP contribution >= 0.6 is 15.9 Å². The van der Waals surface area contributed by atoms with E-state index < -0.39 is 5.97 Å². The highest BCUT2D eigenvalue weighted by atomic mass is 79.9. The van der Waals surface area contributed by atoms with Crippen molar-refractivity contribution in [3.8, 4) is 12.3 Å². The number of carboxylic acid groups (broad SMARTS) is 1. The number of terminal acetylenes is 1. The summed E-state index contributed by atoms with van der Waals surface area (Å²) in [4.78, 5) is 11.9. The van der Waals surface area contributed by atoms with Gasteiger partial charge in [0.2, 0.25) is 0 Å². The van der Waals surface area contributed by atoms with Crippen molar-refractivity contribution in [2.24, 2.45) is 0 Å². The zero-order valence-corrected chi connectivity index (χ0v) is 8.17. The number of halogens is 1. The van der Waals surface area contributed by atoms with Crippen molar-refractivity contribution in [3.63, 3.8) is 0 Å². The van der Waals surface area contributed by atoms with Gasteiger partial charge in [-0.3, -0.25) is 5.73 Å². The van der Waals surface area contributed by atoms with E-state index in [0.29, 0.717) is 5.82 Å². The number of anilines is 1. The number of pyridine rings is 1. The molecule has 0 aliphatic rings. The van der Waals surface area contributed by atoms with Crippen LogP contribution in [0.3, 0.4) is 0 Å². The molecule has 0 saturated heterocycles. The van der Waals surface area contributed by atoms with Crippen molar-refractivity contribution in [1.82, 2.24) is 0 Å². The molecule has 68 valence electrons. The lowest BCUT2D eigenvalue weighted by Crippen LogP contribution is -2.18. The van der Waals surface area contributed by atoms with Crippen LogP contribution in [0.2, 0.25) is 0 Å². The molecule has 0 atom stereocenters. The van der Waals surface area contributed by atoms with Gasteiger partial charge in [-0.15, -0.1) is 6.42 Å². The number of rotatable bonds is 0. The van der Waals surface area contributed by atoms with Crippen molar-refractivity contribution in [3.05, 3.63) is 22.8 Å². The van der Waals surface area contributed by atoms with Crippen molar-refractivity contribution in [2.45, 2.75) is 0 Å². The van der Waals surface area contributed by atoms with Gasteiger partial charge < -0.3 is 9.90 Å². The van der Waals surface area contributed by atoms with Crippen LogP contribution in [0.1, 0.15) is 0 Å². The van der Waals surface area contributed by atoms with Gasteiger partial charge in [-0.25, -0.2) is 4.98 Å². The van der Waals surface area contributed by atoms with Gasteiger partial charge in [0.25, 0.3) is 5.82 Å². The van der Waals surface area contributed by atoms with Crippen LogP contribution in [-0.4, -0.2) is 5.97 Å². The second-order valence-electron chi connectivity index (χ2n) is 1.89. The Hall–Kier alpha value is -1.54. The van der Waals surface area contributed by atoms with E-state index in [9.17, 15) is 0 Å². The molecule has 0 unspecified atom stereocenters. The fourth-order valence-electron chi connectivity index (χ4n) is 0.418. The summed E-state index contributed by atoms with van der Waals surface area (Å²) < 4.78 is 1.01. The molecule has 4 nitrogen and oxygen atoms in total. The number of carbonyl (C=O) groups is 1. The van der Waals surface area contributed by atoms with Crippen LogP contribution in [0.4, 0.5) is 5.82 Å². The number of carbonyl (C=O) groups excluding carboxylic acids is 1. The van der Waals surface area contributed by atoms with Gasteiger partial charge in [-0.05, 0) is 22.0 Å². The molecule has 0 aliphatic heterocycles. The van der Waals surface area contributed by atoms with Crippen molar-refractivity contribution < 1.29 is 14.9 Å². The summed E-state index contributed by atoms with van der Waals surface area (Å²) in [6, 6.07) is 3.68. The summed E-state index contributed by atoms with van der Waals surface area (Å²) in [5, 5.41) is 9.02. The highest BCUT2D eigenvalue weighted by Gasteiger charge is 1.88. The molecular weight excluding hydrogens is 236 g/mol. The molecule has 1 rings (SSSR count). The van der Waals surface area contributed by atoms with E-state index in [1.165, 1.54) is 5.92 Å². The number of hydrogen-bond donors (Lipinski definition) is 1. The highest BCUT2D eigenvalue weighted by Crippen LogP contribution is 2.04. The summed E-state index contributed by atoms with van der Waals surface area (Å²) >= 11 is 3.26. The molecule has 13 heavy (non-hydrogen) atoms. The Morgan fingerprint density at radius 1 is 1.69 bits per heavy atom. The second-order valence-corrected chi connectivity index (χ2v) is 2.81. The maximum absolute atomic E-state index is 9.02. The lowest BCUT2D eigenvalue weighted by molar-refractivity contribution is -0.361. The number of nitrogen functional groups attached to an aromatic ring is 1. The average Bonchev–Trinajstić information content (AvgIpc) is 2.11. The number of aliphatic carboxylic acids is 1. The third-order valence-electron chi connectivity index (χ3n) is 0.917. The number of nitrogens with one attached hydrogen (secondary N) is 1. The van der Waals surface area contributed by atoms with Crippen LogP contribution in [0.15, 0.2) is 22.8 Å². The molecule has 0 aliphatic carbocycles. The minimum absolute atomic E-state index is 0.674. The van der Waals surface area contributed by atoms with Crippen molar-refractivity contribution in [2.75, 3.05) is 5.73 Å². The van der Waals surface area contributed by atoms with Crippen molar-refractivity contribution >= 4 is 27.7 Å².